The van der Waals surface area contributed by atoms with Gasteiger partial charge < -0.3 is 34.5 Å². The van der Waals surface area contributed by atoms with Crippen molar-refractivity contribution in [2.45, 2.75) is 98.4 Å². The molecule has 4 rings (SSSR count). The summed E-state index contributed by atoms with van der Waals surface area (Å²) in [6.45, 7) is 15.3. The molecular formula is C42H56N6O9S. The molecule has 1 aromatic heterocycles. The Morgan fingerprint density at radius 2 is 1.52 bits per heavy atom. The number of anilines is 1. The Balaban J connectivity index is 1.59. The van der Waals surface area contributed by atoms with Crippen molar-refractivity contribution in [3.05, 3.63) is 89.5 Å². The van der Waals surface area contributed by atoms with Crippen LogP contribution in [-0.2, 0) is 48.1 Å². The van der Waals surface area contributed by atoms with Gasteiger partial charge in [0.05, 0.1) is 16.8 Å². The maximum Gasteiger partial charge on any atom is 0.413 e. The molecule has 0 aliphatic rings. The smallest absolute Gasteiger partial charge is 0.413 e. The first kappa shape index (κ1) is 45.4. The summed E-state index contributed by atoms with van der Waals surface area (Å²) in [5.41, 5.74) is 4.03. The zero-order chi connectivity index (χ0) is 42.3. The Morgan fingerprint density at radius 1 is 0.828 bits per heavy atom. The predicted octanol–water partition coefficient (Wildman–Crippen LogP) is 6.71. The Hall–Kier alpha value is -5.29. The summed E-state index contributed by atoms with van der Waals surface area (Å²) in [5, 5.41) is 8.52. The van der Waals surface area contributed by atoms with E-state index in [0.717, 1.165) is 15.8 Å². The van der Waals surface area contributed by atoms with E-state index in [1.165, 1.54) is 11.3 Å². The third-order valence-electron chi connectivity index (χ3n) is 7.94. The fourth-order valence-electron chi connectivity index (χ4n) is 5.64. The molecule has 5 amide bonds. The minimum atomic E-state index is -1.08. The third kappa shape index (κ3) is 15.6. The summed E-state index contributed by atoms with van der Waals surface area (Å²) in [6.07, 6.45) is -1.30. The van der Waals surface area contributed by atoms with E-state index in [4.69, 9.17) is 23.8 Å². The van der Waals surface area contributed by atoms with Crippen LogP contribution in [0.4, 0.5) is 14.7 Å². The van der Waals surface area contributed by atoms with Gasteiger partial charge in [-0.05, 0) is 90.3 Å². The van der Waals surface area contributed by atoms with Crippen molar-refractivity contribution in [3.63, 3.8) is 0 Å². The standard InChI is InChI=1S/C42H56N6O9S/c1-9-53-35(54-10-2)26-48(25-30-17-14-18-33-36(30)45-39(58-33)46-40(52)57-42(6,7)8)37(50)32(23-28-19-21-31(22-20-28)56-41(3,4)5)44-34(49)27-55-47-38(51)43-24-29-15-12-11-13-16-29/h11-22,32,35H,9-10,23-27H2,1-8H3,(H,44,49)(H2,43,47,51)(H,45,46,52). The molecule has 1 atom stereocenters. The van der Waals surface area contributed by atoms with Gasteiger partial charge in [-0.3, -0.25) is 19.7 Å². The lowest BCUT2D eigenvalue weighted by Gasteiger charge is -2.31. The van der Waals surface area contributed by atoms with Gasteiger partial charge in [0.15, 0.2) is 18.0 Å². The molecular weight excluding hydrogens is 765 g/mol. The van der Waals surface area contributed by atoms with Crippen molar-refractivity contribution in [1.82, 2.24) is 26.0 Å². The van der Waals surface area contributed by atoms with Crippen molar-refractivity contribution in [2.24, 2.45) is 0 Å². The van der Waals surface area contributed by atoms with E-state index in [1.807, 2.05) is 107 Å². The number of carbonyl (C=O) groups excluding carboxylic acids is 4. The molecule has 58 heavy (non-hydrogen) atoms. The number of amides is 5. The molecule has 1 heterocycles. The predicted molar refractivity (Wildman–Crippen MR) is 222 cm³/mol. The highest BCUT2D eigenvalue weighted by Crippen LogP contribution is 2.30. The summed E-state index contributed by atoms with van der Waals surface area (Å²) in [7, 11) is 0. The molecule has 15 nitrogen and oxygen atoms in total. The van der Waals surface area contributed by atoms with E-state index < -0.39 is 54.1 Å². The number of rotatable bonds is 19. The van der Waals surface area contributed by atoms with Crippen LogP contribution in [0.3, 0.4) is 0 Å². The summed E-state index contributed by atoms with van der Waals surface area (Å²) in [5.74, 6) is -0.413. The molecule has 4 N–H and O–H groups in total. The minimum Gasteiger partial charge on any atom is -0.488 e. The third-order valence-corrected chi connectivity index (χ3v) is 8.88. The monoisotopic (exact) mass is 820 g/mol. The molecule has 3 aromatic carbocycles. The maximum atomic E-state index is 14.8. The van der Waals surface area contributed by atoms with Gasteiger partial charge in [0.1, 0.15) is 23.0 Å². The summed E-state index contributed by atoms with van der Waals surface area (Å²) in [4.78, 5) is 64.5. The average Bonchev–Trinajstić information content (AvgIpc) is 3.56. The van der Waals surface area contributed by atoms with Gasteiger partial charge in [0, 0.05) is 32.7 Å². The fraction of sp³-hybridized carbons (Fsp3) is 0.452. The van der Waals surface area contributed by atoms with Gasteiger partial charge in [-0.1, -0.05) is 65.9 Å². The molecule has 0 aliphatic carbocycles. The fourth-order valence-corrected chi connectivity index (χ4v) is 6.54. The van der Waals surface area contributed by atoms with E-state index in [1.54, 1.807) is 25.7 Å². The van der Waals surface area contributed by atoms with Gasteiger partial charge in [-0.2, -0.15) is 0 Å². The lowest BCUT2D eigenvalue weighted by Crippen LogP contribution is -2.52. The molecule has 0 saturated carbocycles. The molecule has 0 fully saturated rings. The largest absolute Gasteiger partial charge is 0.488 e. The number of fused-ring (bicyclic) bond motifs is 1. The van der Waals surface area contributed by atoms with Crippen molar-refractivity contribution in [2.75, 3.05) is 31.7 Å². The van der Waals surface area contributed by atoms with E-state index in [2.05, 4.69) is 26.4 Å². The SMILES string of the molecule is CCOC(CN(Cc1cccc2sc(NC(=O)OC(C)(C)C)nc12)C(=O)C(Cc1ccc(OC(C)(C)C)cc1)NC(=O)CONC(=O)NCc1ccccc1)OCC. The molecule has 0 spiro atoms. The lowest BCUT2D eigenvalue weighted by atomic mass is 10.0. The average molecular weight is 821 g/mol. The summed E-state index contributed by atoms with van der Waals surface area (Å²) >= 11 is 1.27. The number of urea groups is 1. The maximum absolute atomic E-state index is 14.8. The number of aromatic nitrogens is 1. The Morgan fingerprint density at radius 3 is 2.16 bits per heavy atom. The van der Waals surface area contributed by atoms with Crippen LogP contribution >= 0.6 is 11.3 Å². The molecule has 0 saturated heterocycles. The Bertz CT molecular complexity index is 1940. The van der Waals surface area contributed by atoms with Crippen LogP contribution in [0.5, 0.6) is 5.75 Å². The highest BCUT2D eigenvalue weighted by atomic mass is 32.1. The van der Waals surface area contributed by atoms with E-state index in [9.17, 15) is 19.2 Å². The number of nitrogens with zero attached hydrogens (tertiary/aromatic N) is 2. The van der Waals surface area contributed by atoms with Crippen molar-refractivity contribution in [1.29, 1.82) is 0 Å². The van der Waals surface area contributed by atoms with Gasteiger partial charge in [-0.25, -0.2) is 20.1 Å². The number of carbonyl (C=O) groups is 4. The Labute approximate surface area is 344 Å². The van der Waals surface area contributed by atoms with Crippen molar-refractivity contribution >= 4 is 50.6 Å². The zero-order valence-corrected chi connectivity index (χ0v) is 35.3. The van der Waals surface area contributed by atoms with Crippen LogP contribution in [0, 0.1) is 0 Å². The first-order chi connectivity index (χ1) is 27.5. The van der Waals surface area contributed by atoms with Crippen LogP contribution < -0.4 is 26.2 Å². The number of hydrogen-bond donors (Lipinski definition) is 4. The van der Waals surface area contributed by atoms with Gasteiger partial charge in [0.25, 0.3) is 0 Å². The van der Waals surface area contributed by atoms with Gasteiger partial charge >= 0.3 is 12.1 Å². The van der Waals surface area contributed by atoms with E-state index in [-0.39, 0.29) is 26.1 Å². The normalized spacial score (nSPS) is 12.2. The number of hydrogen-bond acceptors (Lipinski definition) is 11. The molecule has 1 unspecified atom stereocenters. The van der Waals surface area contributed by atoms with Crippen LogP contribution in [0.15, 0.2) is 72.8 Å². The molecule has 4 aromatic rings. The quantitative estimate of drug-likeness (QED) is 0.0587. The first-order valence-corrected chi connectivity index (χ1v) is 20.0. The second-order valence-electron chi connectivity index (χ2n) is 15.2. The molecule has 314 valence electrons. The van der Waals surface area contributed by atoms with Crippen LogP contribution in [0.2, 0.25) is 0 Å². The van der Waals surface area contributed by atoms with Crippen molar-refractivity contribution < 1.29 is 43.0 Å². The van der Waals surface area contributed by atoms with E-state index >= 15 is 0 Å². The Kier molecular flexibility index (Phi) is 16.8. The second kappa shape index (κ2) is 21.5. The molecule has 0 bridgehead atoms. The number of nitrogens with one attached hydrogen (secondary N) is 4. The van der Waals surface area contributed by atoms with Crippen LogP contribution in [-0.4, -0.2) is 83.7 Å². The van der Waals surface area contributed by atoms with Crippen molar-refractivity contribution in [3.8, 4) is 5.75 Å². The van der Waals surface area contributed by atoms with Gasteiger partial charge in [-0.15, -0.1) is 0 Å². The first-order valence-electron chi connectivity index (χ1n) is 19.2. The molecule has 0 radical (unpaired) electrons. The van der Waals surface area contributed by atoms with Gasteiger partial charge in [0.2, 0.25) is 11.8 Å². The summed E-state index contributed by atoms with van der Waals surface area (Å²) < 4.78 is 23.9. The molecule has 0 aliphatic heterocycles. The topological polar surface area (TPSA) is 179 Å². The number of hydroxylamine groups is 1. The number of ether oxygens (including phenoxy) is 4. The number of para-hydroxylation sites is 1. The molecule has 16 heteroatoms. The minimum absolute atomic E-state index is 0.0222. The lowest BCUT2D eigenvalue weighted by molar-refractivity contribution is -0.161. The van der Waals surface area contributed by atoms with Crippen LogP contribution in [0.1, 0.15) is 72.1 Å². The highest BCUT2D eigenvalue weighted by molar-refractivity contribution is 7.22. The number of benzene rings is 3. The zero-order valence-electron chi connectivity index (χ0n) is 34.5. The number of thiazole rings is 1. The highest BCUT2D eigenvalue weighted by Gasteiger charge is 2.30. The second-order valence-corrected chi connectivity index (χ2v) is 16.2. The van der Waals surface area contributed by atoms with Crippen LogP contribution in [0.25, 0.3) is 10.2 Å². The van der Waals surface area contributed by atoms with E-state index in [0.29, 0.717) is 35.2 Å². The summed E-state index contributed by atoms with van der Waals surface area (Å²) in [6, 6.07) is 20.5.